The minimum Gasteiger partial charge on any atom is -0.329 e. The van der Waals surface area contributed by atoms with E-state index in [2.05, 4.69) is 56.4 Å². The van der Waals surface area contributed by atoms with Crippen LogP contribution in [0, 0.1) is 0 Å². The lowest BCUT2D eigenvalue weighted by Gasteiger charge is -2.44. The topological polar surface area (TPSA) is 32.5 Å². The van der Waals surface area contributed by atoms with Crippen molar-refractivity contribution in [2.45, 2.75) is 44.0 Å². The van der Waals surface area contributed by atoms with Crippen LogP contribution in [-0.4, -0.2) is 66.1 Å². The van der Waals surface area contributed by atoms with Gasteiger partial charge in [0.15, 0.2) is 0 Å². The second-order valence-corrected chi connectivity index (χ2v) is 7.08. The Bertz CT molecular complexity index is 235. The van der Waals surface area contributed by atoms with E-state index in [0.29, 0.717) is 6.04 Å². The number of hydrogen-bond acceptors (Lipinski definition) is 4. The highest BCUT2D eigenvalue weighted by Gasteiger charge is 2.42. The number of hydrogen-bond donors (Lipinski definition) is 1. The lowest BCUT2D eigenvalue weighted by molar-refractivity contribution is 0.0636. The molecule has 102 valence electrons. The molecule has 1 aliphatic rings. The Morgan fingerprint density at radius 2 is 2.12 bits per heavy atom. The number of rotatable bonds is 6. The van der Waals surface area contributed by atoms with Gasteiger partial charge in [0.1, 0.15) is 0 Å². The van der Waals surface area contributed by atoms with Crippen LogP contribution >= 0.6 is 11.8 Å². The normalized spacial score (nSPS) is 31.4. The van der Waals surface area contributed by atoms with Crippen LogP contribution in [0.2, 0.25) is 0 Å². The minimum absolute atomic E-state index is 0.230. The maximum absolute atomic E-state index is 6.11. The lowest BCUT2D eigenvalue weighted by atomic mass is 9.92. The van der Waals surface area contributed by atoms with Crippen molar-refractivity contribution in [3.8, 4) is 0 Å². The van der Waals surface area contributed by atoms with Gasteiger partial charge in [0.25, 0.3) is 0 Å². The van der Waals surface area contributed by atoms with Gasteiger partial charge in [-0.2, -0.15) is 11.8 Å². The van der Waals surface area contributed by atoms with Crippen LogP contribution in [0.1, 0.15) is 27.2 Å². The molecule has 1 aliphatic heterocycles. The molecule has 0 aromatic rings. The van der Waals surface area contributed by atoms with Gasteiger partial charge >= 0.3 is 0 Å². The third-order valence-electron chi connectivity index (χ3n) is 3.80. The first-order chi connectivity index (χ1) is 7.95. The van der Waals surface area contributed by atoms with Crippen LogP contribution in [0.5, 0.6) is 0 Å². The molecular weight excluding hydrogens is 230 g/mol. The molecule has 0 bridgehead atoms. The number of thioether (sulfide) groups is 1. The summed E-state index contributed by atoms with van der Waals surface area (Å²) in [5.74, 6) is 1.19. The summed E-state index contributed by atoms with van der Waals surface area (Å²) < 4.78 is 0. The van der Waals surface area contributed by atoms with Gasteiger partial charge < -0.3 is 10.6 Å². The van der Waals surface area contributed by atoms with Crippen molar-refractivity contribution < 1.29 is 0 Å². The quantitative estimate of drug-likeness (QED) is 0.783. The maximum Gasteiger partial charge on any atom is 0.0435 e. The van der Waals surface area contributed by atoms with Gasteiger partial charge in [0.2, 0.25) is 0 Å². The molecule has 17 heavy (non-hydrogen) atoms. The standard InChI is InChI=1S/C13H29N3S/c1-6-16(11(2)8-15(4)5)13(9-14)7-12(3)17-10-13/h11-12H,6-10,14H2,1-5H3. The van der Waals surface area contributed by atoms with E-state index in [4.69, 9.17) is 5.73 Å². The first kappa shape index (κ1) is 15.3. The van der Waals surface area contributed by atoms with Crippen molar-refractivity contribution in [1.29, 1.82) is 0 Å². The van der Waals surface area contributed by atoms with Crippen LogP contribution in [0.15, 0.2) is 0 Å². The van der Waals surface area contributed by atoms with E-state index < -0.39 is 0 Å². The highest BCUT2D eigenvalue weighted by molar-refractivity contribution is 8.00. The molecule has 1 rings (SSSR count). The Morgan fingerprint density at radius 1 is 1.47 bits per heavy atom. The van der Waals surface area contributed by atoms with Crippen LogP contribution < -0.4 is 5.73 Å². The second kappa shape index (κ2) is 6.41. The van der Waals surface area contributed by atoms with Crippen molar-refractivity contribution in [2.24, 2.45) is 5.73 Å². The van der Waals surface area contributed by atoms with Gasteiger partial charge in [-0.1, -0.05) is 13.8 Å². The molecule has 1 fully saturated rings. The summed E-state index contributed by atoms with van der Waals surface area (Å²) in [7, 11) is 4.29. The average Bonchev–Trinajstić information content (AvgIpc) is 2.61. The van der Waals surface area contributed by atoms with Crippen molar-refractivity contribution in [3.63, 3.8) is 0 Å². The van der Waals surface area contributed by atoms with E-state index in [1.807, 2.05) is 0 Å². The van der Waals surface area contributed by atoms with Gasteiger partial charge in [0, 0.05) is 35.7 Å². The van der Waals surface area contributed by atoms with Crippen LogP contribution in [0.3, 0.4) is 0 Å². The summed E-state index contributed by atoms with van der Waals surface area (Å²) in [6, 6.07) is 0.574. The molecule has 0 aromatic carbocycles. The molecule has 2 N–H and O–H groups in total. The summed E-state index contributed by atoms with van der Waals surface area (Å²) in [5.41, 5.74) is 6.34. The van der Waals surface area contributed by atoms with E-state index >= 15 is 0 Å². The predicted octanol–water partition coefficient (Wildman–Crippen LogP) is 1.48. The van der Waals surface area contributed by atoms with E-state index in [1.54, 1.807) is 0 Å². The highest BCUT2D eigenvalue weighted by Crippen LogP contribution is 2.38. The van der Waals surface area contributed by atoms with E-state index in [-0.39, 0.29) is 5.54 Å². The van der Waals surface area contributed by atoms with Crippen LogP contribution in [0.4, 0.5) is 0 Å². The highest BCUT2D eigenvalue weighted by atomic mass is 32.2. The minimum atomic E-state index is 0.230. The molecular formula is C13H29N3S. The summed E-state index contributed by atoms with van der Waals surface area (Å²) >= 11 is 2.07. The molecule has 0 aliphatic carbocycles. The van der Waals surface area contributed by atoms with Crippen molar-refractivity contribution in [1.82, 2.24) is 9.80 Å². The van der Waals surface area contributed by atoms with Crippen molar-refractivity contribution >= 4 is 11.8 Å². The van der Waals surface area contributed by atoms with E-state index in [1.165, 1.54) is 12.2 Å². The number of nitrogens with zero attached hydrogens (tertiary/aromatic N) is 2. The Labute approximate surface area is 111 Å². The molecule has 3 nitrogen and oxygen atoms in total. The molecule has 4 heteroatoms. The zero-order valence-corrected chi connectivity index (χ0v) is 12.9. The van der Waals surface area contributed by atoms with Gasteiger partial charge in [-0.05, 0) is 34.0 Å². The van der Waals surface area contributed by atoms with Gasteiger partial charge in [-0.15, -0.1) is 0 Å². The third-order valence-corrected chi connectivity index (χ3v) is 5.24. The number of nitrogens with two attached hydrogens (primary N) is 1. The fourth-order valence-electron chi connectivity index (χ4n) is 3.15. The fourth-order valence-corrected chi connectivity index (χ4v) is 4.58. The molecule has 0 radical (unpaired) electrons. The lowest BCUT2D eigenvalue weighted by Crippen LogP contribution is -2.59. The zero-order valence-electron chi connectivity index (χ0n) is 12.1. The second-order valence-electron chi connectivity index (χ2n) is 5.65. The van der Waals surface area contributed by atoms with Gasteiger partial charge in [-0.25, -0.2) is 0 Å². The van der Waals surface area contributed by atoms with Crippen molar-refractivity contribution in [2.75, 3.05) is 39.5 Å². The van der Waals surface area contributed by atoms with Crippen molar-refractivity contribution in [3.05, 3.63) is 0 Å². The van der Waals surface area contributed by atoms with E-state index in [0.717, 1.165) is 24.9 Å². The predicted molar refractivity (Wildman–Crippen MR) is 78.7 cm³/mol. The fraction of sp³-hybridized carbons (Fsp3) is 1.00. The Hall–Kier alpha value is 0.230. The molecule has 0 saturated carbocycles. The molecule has 3 unspecified atom stereocenters. The molecule has 0 amide bonds. The Kier molecular flexibility index (Phi) is 5.77. The van der Waals surface area contributed by atoms with Gasteiger partial charge in [-0.3, -0.25) is 4.90 Å². The summed E-state index contributed by atoms with van der Waals surface area (Å²) in [4.78, 5) is 4.90. The largest absolute Gasteiger partial charge is 0.329 e. The molecule has 0 spiro atoms. The Balaban J connectivity index is 2.76. The molecule has 0 aromatic heterocycles. The zero-order chi connectivity index (χ0) is 13.1. The maximum atomic E-state index is 6.11. The summed E-state index contributed by atoms with van der Waals surface area (Å²) in [5, 5.41) is 0.749. The summed E-state index contributed by atoms with van der Waals surface area (Å²) in [6.45, 7) is 9.91. The molecule has 1 heterocycles. The van der Waals surface area contributed by atoms with Crippen LogP contribution in [-0.2, 0) is 0 Å². The van der Waals surface area contributed by atoms with Crippen LogP contribution in [0.25, 0.3) is 0 Å². The number of likely N-dealkylation sites (N-methyl/N-ethyl adjacent to an activating group) is 2. The SMILES string of the molecule is CCN(C(C)CN(C)C)C1(CN)CSC(C)C1. The first-order valence-electron chi connectivity index (χ1n) is 6.68. The molecule has 1 saturated heterocycles. The average molecular weight is 259 g/mol. The summed E-state index contributed by atoms with van der Waals surface area (Å²) in [6.07, 6.45) is 1.24. The monoisotopic (exact) mass is 259 g/mol. The Morgan fingerprint density at radius 3 is 2.47 bits per heavy atom. The third kappa shape index (κ3) is 3.60. The first-order valence-corrected chi connectivity index (χ1v) is 7.73. The smallest absolute Gasteiger partial charge is 0.0435 e. The van der Waals surface area contributed by atoms with Gasteiger partial charge in [0.05, 0.1) is 0 Å². The molecule has 3 atom stereocenters. The van der Waals surface area contributed by atoms with E-state index in [9.17, 15) is 0 Å².